The molecule has 2 amide bonds. The number of amides is 2. The highest BCUT2D eigenvalue weighted by Crippen LogP contribution is 2.15. The number of nitrogens with zero attached hydrogens (tertiary/aromatic N) is 2. The van der Waals surface area contributed by atoms with Crippen molar-refractivity contribution in [2.24, 2.45) is 0 Å². The molecule has 5 nitrogen and oxygen atoms in total. The van der Waals surface area contributed by atoms with Crippen LogP contribution in [0.4, 0.5) is 4.79 Å². The highest BCUT2D eigenvalue weighted by atomic mass is 16.6. The van der Waals surface area contributed by atoms with Crippen LogP contribution in [0.3, 0.4) is 0 Å². The van der Waals surface area contributed by atoms with Crippen molar-refractivity contribution < 1.29 is 14.3 Å². The maximum atomic E-state index is 12.3. The maximum Gasteiger partial charge on any atom is 0.409 e. The van der Waals surface area contributed by atoms with Crippen molar-refractivity contribution >= 4 is 12.0 Å². The maximum absolute atomic E-state index is 12.3. The number of carbonyl (C=O) groups excluding carboxylic acids is 2. The van der Waals surface area contributed by atoms with Gasteiger partial charge in [-0.3, -0.25) is 4.79 Å². The van der Waals surface area contributed by atoms with Gasteiger partial charge in [-0.2, -0.15) is 0 Å². The van der Waals surface area contributed by atoms with Crippen LogP contribution in [-0.2, 0) is 16.1 Å². The average molecular weight is 290 g/mol. The molecule has 5 heteroatoms. The molecule has 114 valence electrons. The van der Waals surface area contributed by atoms with Gasteiger partial charge >= 0.3 is 6.09 Å². The first-order chi connectivity index (χ1) is 10.1. The Bertz CT molecular complexity index is 490. The second-order valence-electron chi connectivity index (χ2n) is 5.32. The third-order valence-corrected chi connectivity index (χ3v) is 3.69. The van der Waals surface area contributed by atoms with Crippen LogP contribution in [0.2, 0.25) is 0 Å². The van der Waals surface area contributed by atoms with E-state index in [1.807, 2.05) is 42.2 Å². The fraction of sp³-hybridized carbons (Fsp3) is 0.500. The third kappa shape index (κ3) is 4.21. The summed E-state index contributed by atoms with van der Waals surface area (Å²) in [6, 6.07) is 9.95. The Hall–Kier alpha value is -2.04. The molecule has 1 aliphatic heterocycles. The summed E-state index contributed by atoms with van der Waals surface area (Å²) in [5, 5.41) is 0. The molecule has 21 heavy (non-hydrogen) atoms. The van der Waals surface area contributed by atoms with E-state index < -0.39 is 0 Å². The predicted molar refractivity (Wildman–Crippen MR) is 79.7 cm³/mol. The highest BCUT2D eigenvalue weighted by molar-refractivity contribution is 5.76. The van der Waals surface area contributed by atoms with Crippen LogP contribution < -0.4 is 0 Å². The molecule has 0 spiro atoms. The van der Waals surface area contributed by atoms with E-state index in [4.69, 9.17) is 4.74 Å². The Kier molecular flexibility index (Phi) is 5.20. The Labute approximate surface area is 125 Å². The van der Waals surface area contributed by atoms with Gasteiger partial charge in [0, 0.05) is 26.6 Å². The average Bonchev–Trinajstić information content (AvgIpc) is 2.82. The van der Waals surface area contributed by atoms with Crippen molar-refractivity contribution in [2.75, 3.05) is 20.1 Å². The monoisotopic (exact) mass is 290 g/mol. The van der Waals surface area contributed by atoms with Gasteiger partial charge in [0.15, 0.2) is 0 Å². The summed E-state index contributed by atoms with van der Waals surface area (Å²) in [6.07, 6.45) is 0.526. The van der Waals surface area contributed by atoms with Crippen molar-refractivity contribution in [3.63, 3.8) is 0 Å². The zero-order chi connectivity index (χ0) is 15.2. The van der Waals surface area contributed by atoms with Crippen molar-refractivity contribution in [3.8, 4) is 0 Å². The summed E-state index contributed by atoms with van der Waals surface area (Å²) in [7, 11) is 1.71. The van der Waals surface area contributed by atoms with Gasteiger partial charge in [-0.05, 0) is 18.9 Å². The summed E-state index contributed by atoms with van der Waals surface area (Å²) in [4.78, 5) is 26.9. The smallest absolute Gasteiger partial charge is 0.409 e. The molecule has 1 unspecified atom stereocenters. The third-order valence-electron chi connectivity index (χ3n) is 3.69. The van der Waals surface area contributed by atoms with E-state index in [9.17, 15) is 9.59 Å². The van der Waals surface area contributed by atoms with E-state index in [1.165, 1.54) is 4.90 Å². The van der Waals surface area contributed by atoms with Gasteiger partial charge in [0.25, 0.3) is 0 Å². The Morgan fingerprint density at radius 2 is 2.10 bits per heavy atom. The first kappa shape index (κ1) is 15.4. The standard InChI is InChI=1S/C16H22N2O3/c1-3-18(11-13-7-5-4-6-8-13)15(19)10-9-14-12-17(2)16(20)21-14/h4-8,14H,3,9-12H2,1-2H3. The van der Waals surface area contributed by atoms with Gasteiger partial charge in [-0.1, -0.05) is 30.3 Å². The summed E-state index contributed by atoms with van der Waals surface area (Å²) in [5.74, 6) is 0.104. The van der Waals surface area contributed by atoms with Gasteiger partial charge in [0.1, 0.15) is 6.10 Å². The molecule has 1 aromatic carbocycles. The molecule has 2 rings (SSSR count). The summed E-state index contributed by atoms with van der Waals surface area (Å²) in [6.45, 7) is 3.85. The van der Waals surface area contributed by atoms with Crippen molar-refractivity contribution in [2.45, 2.75) is 32.4 Å². The number of cyclic esters (lactones) is 1. The Morgan fingerprint density at radius 1 is 1.38 bits per heavy atom. The Morgan fingerprint density at radius 3 is 2.67 bits per heavy atom. The zero-order valence-corrected chi connectivity index (χ0v) is 12.6. The topological polar surface area (TPSA) is 49.9 Å². The van der Waals surface area contributed by atoms with Gasteiger partial charge in [0.05, 0.1) is 6.54 Å². The summed E-state index contributed by atoms with van der Waals surface area (Å²) < 4.78 is 5.17. The molecular weight excluding hydrogens is 268 g/mol. The van der Waals surface area contributed by atoms with Crippen LogP contribution in [0.1, 0.15) is 25.3 Å². The molecule has 1 fully saturated rings. The van der Waals surface area contributed by atoms with Gasteiger partial charge in [-0.15, -0.1) is 0 Å². The molecule has 0 N–H and O–H groups in total. The van der Waals surface area contributed by atoms with Gasteiger partial charge in [0.2, 0.25) is 5.91 Å². The number of ether oxygens (including phenoxy) is 1. The quantitative estimate of drug-likeness (QED) is 0.807. The predicted octanol–water partition coefficient (Wildman–Crippen LogP) is 2.27. The molecule has 1 heterocycles. The normalized spacial score (nSPS) is 17.7. The molecule has 0 aromatic heterocycles. The van der Waals surface area contributed by atoms with Gasteiger partial charge < -0.3 is 14.5 Å². The van der Waals surface area contributed by atoms with E-state index in [0.29, 0.717) is 32.5 Å². The minimum absolute atomic E-state index is 0.104. The largest absolute Gasteiger partial charge is 0.444 e. The van der Waals surface area contributed by atoms with E-state index in [0.717, 1.165) is 5.56 Å². The van der Waals surface area contributed by atoms with Crippen LogP contribution in [-0.4, -0.2) is 48.0 Å². The zero-order valence-electron chi connectivity index (χ0n) is 12.6. The molecule has 1 aromatic rings. The molecular formula is C16H22N2O3. The van der Waals surface area contributed by atoms with Crippen molar-refractivity contribution in [1.29, 1.82) is 0 Å². The summed E-state index contributed by atoms with van der Waals surface area (Å²) >= 11 is 0. The number of hydrogen-bond acceptors (Lipinski definition) is 3. The lowest BCUT2D eigenvalue weighted by molar-refractivity contribution is -0.132. The Balaban J connectivity index is 1.82. The fourth-order valence-corrected chi connectivity index (χ4v) is 2.42. The molecule has 0 saturated carbocycles. The van der Waals surface area contributed by atoms with E-state index in [2.05, 4.69) is 0 Å². The number of rotatable bonds is 6. The lowest BCUT2D eigenvalue weighted by Crippen LogP contribution is -2.31. The number of hydrogen-bond donors (Lipinski definition) is 0. The number of benzene rings is 1. The number of carbonyl (C=O) groups is 2. The second-order valence-corrected chi connectivity index (χ2v) is 5.32. The SMILES string of the molecule is CCN(Cc1ccccc1)C(=O)CCC1CN(C)C(=O)O1. The fourth-order valence-electron chi connectivity index (χ4n) is 2.42. The minimum Gasteiger partial charge on any atom is -0.444 e. The minimum atomic E-state index is -0.302. The lowest BCUT2D eigenvalue weighted by Gasteiger charge is -2.21. The van der Waals surface area contributed by atoms with Crippen LogP contribution in [0, 0.1) is 0 Å². The molecule has 1 atom stereocenters. The van der Waals surface area contributed by atoms with Crippen molar-refractivity contribution in [3.05, 3.63) is 35.9 Å². The molecule has 0 bridgehead atoms. The van der Waals surface area contributed by atoms with E-state index in [1.54, 1.807) is 7.05 Å². The van der Waals surface area contributed by atoms with E-state index in [-0.39, 0.29) is 18.1 Å². The molecule has 1 aliphatic rings. The molecule has 1 saturated heterocycles. The lowest BCUT2D eigenvalue weighted by atomic mass is 10.1. The first-order valence-corrected chi connectivity index (χ1v) is 7.33. The molecule has 0 aliphatic carbocycles. The first-order valence-electron chi connectivity index (χ1n) is 7.33. The highest BCUT2D eigenvalue weighted by Gasteiger charge is 2.28. The van der Waals surface area contributed by atoms with Crippen LogP contribution >= 0.6 is 0 Å². The van der Waals surface area contributed by atoms with E-state index >= 15 is 0 Å². The second kappa shape index (κ2) is 7.11. The van der Waals surface area contributed by atoms with Crippen LogP contribution in [0.15, 0.2) is 30.3 Å². The molecule has 0 radical (unpaired) electrons. The van der Waals surface area contributed by atoms with Crippen LogP contribution in [0.25, 0.3) is 0 Å². The van der Waals surface area contributed by atoms with Crippen LogP contribution in [0.5, 0.6) is 0 Å². The van der Waals surface area contributed by atoms with Gasteiger partial charge in [-0.25, -0.2) is 4.79 Å². The number of likely N-dealkylation sites (N-methyl/N-ethyl adjacent to an activating group) is 1. The van der Waals surface area contributed by atoms with Crippen molar-refractivity contribution in [1.82, 2.24) is 9.80 Å². The summed E-state index contributed by atoms with van der Waals surface area (Å²) in [5.41, 5.74) is 1.12.